The minimum atomic E-state index is 0.168. The van der Waals surface area contributed by atoms with E-state index in [9.17, 15) is 5.11 Å². The molecule has 1 heterocycles. The Kier molecular flexibility index (Phi) is 8.69. The van der Waals surface area contributed by atoms with Gasteiger partial charge in [-0.3, -0.25) is 0 Å². The Morgan fingerprint density at radius 2 is 2.19 bits per heavy atom. The molecule has 0 fully saturated rings. The molecule has 0 saturated heterocycles. The predicted molar refractivity (Wildman–Crippen MR) is 85.3 cm³/mol. The fourth-order valence-corrected chi connectivity index (χ4v) is 2.22. The molecule has 1 rings (SSSR count). The number of hydrogen-bond donors (Lipinski definition) is 3. The maximum absolute atomic E-state index is 9.20. The SMILES string of the molecule is CCCC[C@@H](CCO)Nc1nc(N)ncc1CCCOC. The number of rotatable bonds is 11. The number of nitrogen functional groups attached to an aromatic ring is 1. The van der Waals surface area contributed by atoms with Crippen molar-refractivity contribution in [2.24, 2.45) is 0 Å². The van der Waals surface area contributed by atoms with Crippen LogP contribution in [0.4, 0.5) is 11.8 Å². The van der Waals surface area contributed by atoms with E-state index in [-0.39, 0.29) is 18.6 Å². The first-order valence-corrected chi connectivity index (χ1v) is 7.69. The van der Waals surface area contributed by atoms with Crippen LogP contribution in [0, 0.1) is 0 Å². The Labute approximate surface area is 127 Å². The molecule has 0 bridgehead atoms. The highest BCUT2D eigenvalue weighted by atomic mass is 16.5. The molecule has 0 aliphatic heterocycles. The zero-order chi connectivity index (χ0) is 15.5. The van der Waals surface area contributed by atoms with Gasteiger partial charge in [-0.2, -0.15) is 4.98 Å². The van der Waals surface area contributed by atoms with Gasteiger partial charge in [-0.1, -0.05) is 19.8 Å². The van der Waals surface area contributed by atoms with Gasteiger partial charge >= 0.3 is 0 Å². The standard InChI is InChI=1S/C15H28N4O2/c1-3-4-7-13(8-9-20)18-14-12(6-5-10-21-2)11-17-15(16)19-14/h11,13,20H,3-10H2,1-2H3,(H3,16,17,18,19)/t13-/m0/s1. The summed E-state index contributed by atoms with van der Waals surface area (Å²) < 4.78 is 5.08. The van der Waals surface area contributed by atoms with Crippen molar-refractivity contribution in [3.63, 3.8) is 0 Å². The zero-order valence-corrected chi connectivity index (χ0v) is 13.1. The summed E-state index contributed by atoms with van der Waals surface area (Å²) in [5, 5.41) is 12.6. The van der Waals surface area contributed by atoms with Gasteiger partial charge in [0, 0.05) is 38.1 Å². The molecular formula is C15H28N4O2. The molecule has 1 aromatic heterocycles. The lowest BCUT2D eigenvalue weighted by Crippen LogP contribution is -2.23. The van der Waals surface area contributed by atoms with E-state index in [1.165, 1.54) is 0 Å². The summed E-state index contributed by atoms with van der Waals surface area (Å²) >= 11 is 0. The van der Waals surface area contributed by atoms with Gasteiger partial charge in [-0.25, -0.2) is 4.98 Å². The topological polar surface area (TPSA) is 93.3 Å². The summed E-state index contributed by atoms with van der Waals surface area (Å²) in [5.74, 6) is 1.05. The van der Waals surface area contributed by atoms with E-state index >= 15 is 0 Å². The summed E-state index contributed by atoms with van der Waals surface area (Å²) in [6.45, 7) is 3.04. The Balaban J connectivity index is 2.74. The second-order valence-corrected chi connectivity index (χ2v) is 5.19. The van der Waals surface area contributed by atoms with Crippen molar-refractivity contribution >= 4 is 11.8 Å². The van der Waals surface area contributed by atoms with Crippen LogP contribution in [-0.2, 0) is 11.2 Å². The van der Waals surface area contributed by atoms with Gasteiger partial charge < -0.3 is 20.9 Å². The second kappa shape index (κ2) is 10.3. The maximum Gasteiger partial charge on any atom is 0.221 e. The van der Waals surface area contributed by atoms with Crippen LogP contribution in [0.2, 0.25) is 0 Å². The van der Waals surface area contributed by atoms with Crippen LogP contribution >= 0.6 is 0 Å². The number of nitrogens with zero attached hydrogens (tertiary/aromatic N) is 2. The van der Waals surface area contributed by atoms with E-state index in [4.69, 9.17) is 10.5 Å². The predicted octanol–water partition coefficient (Wildman–Crippen LogP) is 1.99. The highest BCUT2D eigenvalue weighted by molar-refractivity contribution is 5.46. The first-order valence-electron chi connectivity index (χ1n) is 7.69. The lowest BCUT2D eigenvalue weighted by molar-refractivity contribution is 0.195. The Hall–Kier alpha value is -1.40. The van der Waals surface area contributed by atoms with Crippen LogP contribution in [0.1, 0.15) is 44.6 Å². The lowest BCUT2D eigenvalue weighted by Gasteiger charge is -2.20. The molecule has 1 aromatic rings. The zero-order valence-electron chi connectivity index (χ0n) is 13.1. The smallest absolute Gasteiger partial charge is 0.221 e. The van der Waals surface area contributed by atoms with Crippen molar-refractivity contribution in [3.8, 4) is 0 Å². The summed E-state index contributed by atoms with van der Waals surface area (Å²) in [6.07, 6.45) is 7.51. The molecule has 6 heteroatoms. The molecule has 0 aliphatic rings. The first-order chi connectivity index (χ1) is 10.2. The average molecular weight is 296 g/mol. The van der Waals surface area contributed by atoms with Crippen LogP contribution < -0.4 is 11.1 Å². The number of nitrogens with two attached hydrogens (primary N) is 1. The number of hydrogen-bond acceptors (Lipinski definition) is 6. The molecule has 21 heavy (non-hydrogen) atoms. The molecule has 120 valence electrons. The highest BCUT2D eigenvalue weighted by Crippen LogP contribution is 2.18. The Morgan fingerprint density at radius 3 is 2.86 bits per heavy atom. The summed E-state index contributed by atoms with van der Waals surface area (Å²) in [5.41, 5.74) is 6.74. The normalized spacial score (nSPS) is 12.3. The maximum atomic E-state index is 9.20. The minimum Gasteiger partial charge on any atom is -0.396 e. The molecule has 0 unspecified atom stereocenters. The number of ether oxygens (including phenoxy) is 1. The van der Waals surface area contributed by atoms with E-state index in [1.807, 2.05) is 0 Å². The average Bonchev–Trinajstić information content (AvgIpc) is 2.47. The van der Waals surface area contributed by atoms with Crippen LogP contribution in [0.3, 0.4) is 0 Å². The third kappa shape index (κ3) is 6.73. The number of aliphatic hydroxyl groups is 1. The molecule has 1 atom stereocenters. The number of aryl methyl sites for hydroxylation is 1. The van der Waals surface area contributed by atoms with Gasteiger partial charge in [0.2, 0.25) is 5.95 Å². The fraction of sp³-hybridized carbons (Fsp3) is 0.733. The first kappa shape index (κ1) is 17.7. The van der Waals surface area contributed by atoms with E-state index < -0.39 is 0 Å². The number of unbranched alkanes of at least 4 members (excludes halogenated alkanes) is 1. The van der Waals surface area contributed by atoms with Gasteiger partial charge in [0.05, 0.1) is 0 Å². The molecule has 0 amide bonds. The van der Waals surface area contributed by atoms with Crippen LogP contribution in [0.15, 0.2) is 6.20 Å². The molecule has 0 aliphatic carbocycles. The molecular weight excluding hydrogens is 268 g/mol. The molecule has 0 aromatic carbocycles. The third-order valence-electron chi connectivity index (χ3n) is 3.40. The van der Waals surface area contributed by atoms with Gasteiger partial charge in [-0.15, -0.1) is 0 Å². The minimum absolute atomic E-state index is 0.168. The Morgan fingerprint density at radius 1 is 1.38 bits per heavy atom. The summed E-state index contributed by atoms with van der Waals surface area (Å²) in [7, 11) is 1.70. The van der Waals surface area contributed by atoms with Crippen molar-refractivity contribution in [3.05, 3.63) is 11.8 Å². The highest BCUT2D eigenvalue weighted by Gasteiger charge is 2.12. The number of methoxy groups -OCH3 is 1. The molecule has 0 spiro atoms. The molecule has 6 nitrogen and oxygen atoms in total. The van der Waals surface area contributed by atoms with E-state index in [1.54, 1.807) is 13.3 Å². The van der Waals surface area contributed by atoms with Gasteiger partial charge in [-0.05, 0) is 25.7 Å². The van der Waals surface area contributed by atoms with E-state index in [0.717, 1.165) is 43.5 Å². The van der Waals surface area contributed by atoms with Crippen LogP contribution in [-0.4, -0.2) is 41.4 Å². The van der Waals surface area contributed by atoms with Crippen LogP contribution in [0.5, 0.6) is 0 Å². The van der Waals surface area contributed by atoms with Crippen molar-refractivity contribution in [2.45, 2.75) is 51.5 Å². The van der Waals surface area contributed by atoms with Gasteiger partial charge in [0.25, 0.3) is 0 Å². The number of aliphatic hydroxyl groups excluding tert-OH is 1. The van der Waals surface area contributed by atoms with E-state index in [0.29, 0.717) is 13.0 Å². The van der Waals surface area contributed by atoms with E-state index in [2.05, 4.69) is 22.2 Å². The quantitative estimate of drug-likeness (QED) is 0.541. The third-order valence-corrected chi connectivity index (χ3v) is 3.40. The lowest BCUT2D eigenvalue weighted by atomic mass is 10.1. The van der Waals surface area contributed by atoms with Crippen molar-refractivity contribution in [1.29, 1.82) is 0 Å². The summed E-state index contributed by atoms with van der Waals surface area (Å²) in [4.78, 5) is 8.39. The Bertz CT molecular complexity index is 401. The van der Waals surface area contributed by atoms with Crippen molar-refractivity contribution < 1.29 is 9.84 Å². The monoisotopic (exact) mass is 296 g/mol. The van der Waals surface area contributed by atoms with Crippen LogP contribution in [0.25, 0.3) is 0 Å². The van der Waals surface area contributed by atoms with Crippen molar-refractivity contribution in [1.82, 2.24) is 9.97 Å². The molecule has 0 saturated carbocycles. The van der Waals surface area contributed by atoms with Crippen molar-refractivity contribution in [2.75, 3.05) is 31.4 Å². The number of aromatic nitrogens is 2. The number of anilines is 2. The second-order valence-electron chi connectivity index (χ2n) is 5.19. The molecule has 0 radical (unpaired) electrons. The van der Waals surface area contributed by atoms with Gasteiger partial charge in [0.1, 0.15) is 5.82 Å². The largest absolute Gasteiger partial charge is 0.396 e. The molecule has 4 N–H and O–H groups in total. The fourth-order valence-electron chi connectivity index (χ4n) is 2.22. The summed E-state index contributed by atoms with van der Waals surface area (Å²) in [6, 6.07) is 0.213. The number of nitrogens with one attached hydrogen (secondary N) is 1. The van der Waals surface area contributed by atoms with Gasteiger partial charge in [0.15, 0.2) is 0 Å².